The summed E-state index contributed by atoms with van der Waals surface area (Å²) >= 11 is 6.33. The Balaban J connectivity index is 0.690. The second-order valence-corrected chi connectivity index (χ2v) is 18.5. The number of benzene rings is 3. The number of rotatable bonds is 18. The number of amides is 5. The molecule has 0 radical (unpaired) electrons. The van der Waals surface area contributed by atoms with Gasteiger partial charge < -0.3 is 50.8 Å². The number of aliphatic hydroxyl groups excluding tert-OH is 1. The van der Waals surface area contributed by atoms with Crippen molar-refractivity contribution in [3.63, 3.8) is 0 Å². The van der Waals surface area contributed by atoms with Gasteiger partial charge in [0.05, 0.1) is 51.7 Å². The molecule has 3 aromatic rings. The number of nitrogens with zero attached hydrogens (tertiary/aromatic N) is 1. The SMILES string of the molecule is CC1(C)N[C@@H](C(=O)NC2CCC(C(=O)NCCOCCOCCOCCNc3cccc4c3CN(C3CCC(=O)NC3O)C4=O)CC2)[C@H](c2ccccc2)[C@]12C(=O)Nc1cc(Cl)ccc12. The largest absolute Gasteiger partial charge is 0.382 e. The summed E-state index contributed by atoms with van der Waals surface area (Å²) in [7, 11) is 0. The molecule has 0 aromatic heterocycles. The minimum Gasteiger partial charge on any atom is -0.382 e. The van der Waals surface area contributed by atoms with E-state index >= 15 is 0 Å². The minimum absolute atomic E-state index is 0.0136. The number of anilines is 2. The summed E-state index contributed by atoms with van der Waals surface area (Å²) in [5, 5.41) is 29.7. The smallest absolute Gasteiger partial charge is 0.254 e. The van der Waals surface area contributed by atoms with Crippen molar-refractivity contribution in [3.05, 3.63) is 94.0 Å². The third-order valence-electron chi connectivity index (χ3n) is 13.8. The lowest BCUT2D eigenvalue weighted by atomic mass is 9.60. The van der Waals surface area contributed by atoms with Crippen molar-refractivity contribution in [2.75, 3.05) is 63.4 Å². The standard InChI is InChI=1S/C48H60ClN7O9/c1-47(2)48(35-16-13-31(49)27-37(35)53-46(48)62)40(29-7-4-3-5-8-29)41(55-47)44(60)52-32-14-11-30(12-15-32)42(58)51-20-22-64-24-26-65-25-23-63-21-19-50-36-10-6-9-33-34(36)28-56(45(33)61)38-17-18-39(57)54-43(38)59/h3-10,13,16,27,30,32,38,40-41,43,50,55,59H,11-12,14-15,17-26,28H2,1-2H3,(H,51,58)(H,52,60)(H,53,62)(H,54,57)/t30?,32?,38?,40-,41+,43?,48+/m0/s1. The van der Waals surface area contributed by atoms with Gasteiger partial charge in [0, 0.05) is 77.0 Å². The first kappa shape index (κ1) is 46.4. The van der Waals surface area contributed by atoms with Gasteiger partial charge in [-0.3, -0.25) is 29.3 Å². The van der Waals surface area contributed by atoms with E-state index in [1.165, 1.54) is 0 Å². The lowest BCUT2D eigenvalue weighted by Crippen LogP contribution is -2.55. The Morgan fingerprint density at radius 1 is 0.846 bits per heavy atom. The first-order chi connectivity index (χ1) is 31.4. The van der Waals surface area contributed by atoms with Crippen LogP contribution in [0.4, 0.5) is 11.4 Å². The number of carbonyl (C=O) groups is 5. The summed E-state index contributed by atoms with van der Waals surface area (Å²) in [5.74, 6) is -1.34. The van der Waals surface area contributed by atoms with Crippen molar-refractivity contribution in [1.29, 1.82) is 0 Å². The molecule has 4 aliphatic heterocycles. The van der Waals surface area contributed by atoms with E-state index in [0.717, 1.165) is 22.4 Å². The molecular weight excluding hydrogens is 854 g/mol. The zero-order valence-corrected chi connectivity index (χ0v) is 37.7. The fourth-order valence-electron chi connectivity index (χ4n) is 10.6. The zero-order valence-electron chi connectivity index (χ0n) is 37.0. The van der Waals surface area contributed by atoms with Crippen molar-refractivity contribution in [3.8, 4) is 0 Å². The molecule has 65 heavy (non-hydrogen) atoms. The van der Waals surface area contributed by atoms with E-state index in [9.17, 15) is 29.1 Å². The van der Waals surface area contributed by atoms with Gasteiger partial charge in [0.15, 0.2) is 0 Å². The highest BCUT2D eigenvalue weighted by Gasteiger charge is 2.69. The maximum Gasteiger partial charge on any atom is 0.254 e. The molecule has 5 aliphatic rings. The van der Waals surface area contributed by atoms with Gasteiger partial charge >= 0.3 is 0 Å². The predicted octanol–water partition coefficient (Wildman–Crippen LogP) is 3.57. The van der Waals surface area contributed by atoms with E-state index in [1.54, 1.807) is 23.1 Å². The van der Waals surface area contributed by atoms with Crippen molar-refractivity contribution in [1.82, 2.24) is 26.2 Å². The van der Waals surface area contributed by atoms with Crippen molar-refractivity contribution < 1.29 is 43.3 Å². The lowest BCUT2D eigenvalue weighted by Gasteiger charge is -2.40. The quantitative estimate of drug-likeness (QED) is 0.0919. The van der Waals surface area contributed by atoms with Crippen LogP contribution in [0.15, 0.2) is 66.7 Å². The number of ether oxygens (including phenoxy) is 3. The fraction of sp³-hybridized carbons (Fsp3) is 0.521. The Morgan fingerprint density at radius 3 is 2.28 bits per heavy atom. The van der Waals surface area contributed by atoms with E-state index < -0.39 is 35.2 Å². The van der Waals surface area contributed by atoms with E-state index in [-0.39, 0.29) is 47.9 Å². The van der Waals surface area contributed by atoms with Crippen LogP contribution in [-0.2, 0) is 45.3 Å². The number of nitrogens with one attached hydrogen (secondary N) is 6. The first-order valence-electron chi connectivity index (χ1n) is 22.8. The third-order valence-corrected chi connectivity index (χ3v) is 14.0. The van der Waals surface area contributed by atoms with Crippen molar-refractivity contribution in [2.45, 2.75) is 100 Å². The number of hydrogen-bond acceptors (Lipinski definition) is 11. The van der Waals surface area contributed by atoms with Crippen LogP contribution < -0.4 is 31.9 Å². The maximum absolute atomic E-state index is 14.2. The number of hydrogen-bond donors (Lipinski definition) is 7. The predicted molar refractivity (Wildman–Crippen MR) is 243 cm³/mol. The molecule has 4 heterocycles. The summed E-state index contributed by atoms with van der Waals surface area (Å²) in [6.45, 7) is 7.61. The van der Waals surface area contributed by atoms with Crippen LogP contribution in [0.25, 0.3) is 0 Å². The van der Waals surface area contributed by atoms with Gasteiger partial charge in [-0.25, -0.2) is 0 Å². The van der Waals surface area contributed by atoms with E-state index in [2.05, 4.69) is 31.9 Å². The Bertz CT molecular complexity index is 2240. The van der Waals surface area contributed by atoms with Gasteiger partial charge in [-0.1, -0.05) is 54.1 Å². The van der Waals surface area contributed by atoms with Crippen LogP contribution >= 0.6 is 11.6 Å². The molecular formula is C48H60ClN7O9. The van der Waals surface area contributed by atoms with Crippen LogP contribution in [0.5, 0.6) is 0 Å². The number of fused-ring (bicyclic) bond motifs is 3. The molecule has 2 unspecified atom stereocenters. The summed E-state index contributed by atoms with van der Waals surface area (Å²) in [6.07, 6.45) is 2.25. The normalized spacial score (nSPS) is 26.6. The topological polar surface area (TPSA) is 209 Å². The summed E-state index contributed by atoms with van der Waals surface area (Å²) in [5.41, 5.74) is 2.83. The molecule has 16 nitrogen and oxygen atoms in total. The van der Waals surface area contributed by atoms with Gasteiger partial charge in [0.2, 0.25) is 23.6 Å². The van der Waals surface area contributed by atoms with Gasteiger partial charge in [-0.2, -0.15) is 0 Å². The molecule has 17 heteroatoms. The molecule has 3 aromatic carbocycles. The summed E-state index contributed by atoms with van der Waals surface area (Å²) < 4.78 is 17.0. The van der Waals surface area contributed by atoms with Gasteiger partial charge in [-0.15, -0.1) is 0 Å². The molecule has 8 rings (SSSR count). The van der Waals surface area contributed by atoms with Gasteiger partial charge in [0.25, 0.3) is 5.91 Å². The van der Waals surface area contributed by atoms with Crippen molar-refractivity contribution >= 4 is 52.5 Å². The molecule has 348 valence electrons. The van der Waals surface area contributed by atoms with E-state index in [4.69, 9.17) is 25.8 Å². The molecule has 7 N–H and O–H groups in total. The highest BCUT2D eigenvalue weighted by Crippen LogP contribution is 2.58. The Hall–Kier alpha value is -5.10. The molecule has 1 saturated carbocycles. The maximum atomic E-state index is 14.2. The monoisotopic (exact) mass is 913 g/mol. The second kappa shape index (κ2) is 20.2. The fourth-order valence-corrected chi connectivity index (χ4v) is 10.8. The van der Waals surface area contributed by atoms with Crippen LogP contribution in [0.1, 0.15) is 85.3 Å². The average Bonchev–Trinajstić information content (AvgIpc) is 3.88. The highest BCUT2D eigenvalue weighted by atomic mass is 35.5. The van der Waals surface area contributed by atoms with Gasteiger partial charge in [0.1, 0.15) is 11.6 Å². The molecule has 1 aliphatic carbocycles. The molecule has 1 spiro atoms. The first-order valence-corrected chi connectivity index (χ1v) is 23.2. The van der Waals surface area contributed by atoms with Crippen LogP contribution in [0.3, 0.4) is 0 Å². The molecule has 2 saturated heterocycles. The zero-order chi connectivity index (χ0) is 45.7. The minimum atomic E-state index is -1.08. The van der Waals surface area contributed by atoms with Crippen LogP contribution in [-0.4, -0.2) is 122 Å². The van der Waals surface area contributed by atoms with E-state index in [1.807, 2.05) is 62.4 Å². The summed E-state index contributed by atoms with van der Waals surface area (Å²) in [6, 6.07) is 19.5. The molecule has 5 amide bonds. The number of halogens is 1. The van der Waals surface area contributed by atoms with Gasteiger partial charge in [-0.05, 0) is 81.3 Å². The van der Waals surface area contributed by atoms with Crippen LogP contribution in [0.2, 0.25) is 5.02 Å². The number of carbonyl (C=O) groups excluding carboxylic acids is 5. The molecule has 3 fully saturated rings. The lowest BCUT2D eigenvalue weighted by molar-refractivity contribution is -0.130. The third kappa shape index (κ3) is 9.61. The molecule has 5 atom stereocenters. The second-order valence-electron chi connectivity index (χ2n) is 18.1. The Morgan fingerprint density at radius 2 is 1.55 bits per heavy atom. The summed E-state index contributed by atoms with van der Waals surface area (Å²) in [4.78, 5) is 67.8. The Kier molecular flexibility index (Phi) is 14.4. The highest BCUT2D eigenvalue weighted by molar-refractivity contribution is 6.31. The average molecular weight is 915 g/mol. The molecule has 0 bridgehead atoms. The van der Waals surface area contributed by atoms with Crippen LogP contribution in [0, 0.1) is 5.92 Å². The Labute approximate surface area is 384 Å². The van der Waals surface area contributed by atoms with E-state index in [0.29, 0.717) is 108 Å². The number of aliphatic hydroxyl groups is 1. The number of piperidine rings is 1. The van der Waals surface area contributed by atoms with Crippen molar-refractivity contribution in [2.24, 2.45) is 5.92 Å².